The van der Waals surface area contributed by atoms with Gasteiger partial charge in [-0.15, -0.1) is 0 Å². The summed E-state index contributed by atoms with van der Waals surface area (Å²) >= 11 is 0. The van der Waals surface area contributed by atoms with Crippen LogP contribution in [0.3, 0.4) is 0 Å². The van der Waals surface area contributed by atoms with Gasteiger partial charge in [0.15, 0.2) is 0 Å². The molecule has 24 heavy (non-hydrogen) atoms. The highest BCUT2D eigenvalue weighted by atomic mass is 28.4. The van der Waals surface area contributed by atoms with Gasteiger partial charge in [0.2, 0.25) is 8.32 Å². The van der Waals surface area contributed by atoms with Crippen LogP contribution in [0, 0.1) is 0 Å². The highest BCUT2D eigenvalue weighted by molar-refractivity contribution is 7.00. The Balaban J connectivity index is 2.06. The fraction of sp³-hybridized carbons (Fsp3) is 0.100. The van der Waals surface area contributed by atoms with Crippen LogP contribution in [-0.4, -0.2) is 21.7 Å². The minimum absolute atomic E-state index is 0.882. The van der Waals surface area contributed by atoms with Gasteiger partial charge in [-0.3, -0.25) is 0 Å². The molecule has 0 fully saturated rings. The van der Waals surface area contributed by atoms with Gasteiger partial charge in [0.05, 0.1) is 0 Å². The molecule has 0 unspecified atom stereocenters. The van der Waals surface area contributed by atoms with E-state index in [9.17, 15) is 4.80 Å². The van der Waals surface area contributed by atoms with Crippen LogP contribution in [0.4, 0.5) is 0 Å². The van der Waals surface area contributed by atoms with Crippen LogP contribution in [0.2, 0.25) is 13.1 Å². The molecule has 4 heteroatoms. The third-order valence-corrected chi connectivity index (χ3v) is 11.4. The summed E-state index contributed by atoms with van der Waals surface area (Å²) in [6, 6.07) is 29.9. The highest BCUT2D eigenvalue weighted by Crippen LogP contribution is 2.14. The van der Waals surface area contributed by atoms with Gasteiger partial charge in [-0.1, -0.05) is 91.0 Å². The summed E-state index contributed by atoms with van der Waals surface area (Å²) in [7, 11) is -5.53. The summed E-state index contributed by atoms with van der Waals surface area (Å²) in [4.78, 5) is 11.7. The Bertz CT molecular complexity index is 735. The standard InChI is InChI=1S/C20H22O2Si2/c1-23(2,18-12-6-3-7-13-18)22-24(21,19-14-8-4-9-15-19)20-16-10-5-11-17-20/h3-17,21H,1-2H3. The van der Waals surface area contributed by atoms with Crippen LogP contribution in [0.15, 0.2) is 91.0 Å². The predicted molar refractivity (Wildman–Crippen MR) is 105 cm³/mol. The summed E-state index contributed by atoms with van der Waals surface area (Å²) in [6.07, 6.45) is 0. The number of rotatable bonds is 5. The third kappa shape index (κ3) is 3.42. The van der Waals surface area contributed by atoms with Crippen molar-refractivity contribution in [3.63, 3.8) is 0 Å². The maximum absolute atomic E-state index is 11.7. The molecule has 0 bridgehead atoms. The molecule has 0 atom stereocenters. The Labute approximate surface area is 145 Å². The Morgan fingerprint density at radius 1 is 0.583 bits per heavy atom. The van der Waals surface area contributed by atoms with Gasteiger partial charge in [0.25, 0.3) is 0 Å². The minimum atomic E-state index is -3.26. The number of hydrogen-bond donors (Lipinski definition) is 1. The molecule has 0 amide bonds. The maximum Gasteiger partial charge on any atom is 0.394 e. The lowest BCUT2D eigenvalue weighted by Gasteiger charge is -2.35. The quantitative estimate of drug-likeness (QED) is 0.716. The Morgan fingerprint density at radius 3 is 1.29 bits per heavy atom. The van der Waals surface area contributed by atoms with Crippen molar-refractivity contribution in [3.8, 4) is 0 Å². The summed E-state index contributed by atoms with van der Waals surface area (Å²) in [6.45, 7) is 4.29. The van der Waals surface area contributed by atoms with Gasteiger partial charge < -0.3 is 8.91 Å². The maximum atomic E-state index is 11.7. The van der Waals surface area contributed by atoms with E-state index in [-0.39, 0.29) is 0 Å². The van der Waals surface area contributed by atoms with Crippen LogP contribution in [0.25, 0.3) is 0 Å². The van der Waals surface area contributed by atoms with Gasteiger partial charge in [-0.05, 0) is 28.7 Å². The number of benzene rings is 3. The van der Waals surface area contributed by atoms with Crippen LogP contribution in [0.5, 0.6) is 0 Å². The predicted octanol–water partition coefficient (Wildman–Crippen LogP) is 2.36. The van der Waals surface area contributed by atoms with Crippen molar-refractivity contribution in [1.29, 1.82) is 0 Å². The lowest BCUT2D eigenvalue weighted by molar-refractivity contribution is 0.410. The molecule has 3 aromatic rings. The Hall–Kier alpha value is -1.99. The summed E-state index contributed by atoms with van der Waals surface area (Å²) in [5, 5.41) is 2.95. The second-order valence-electron chi connectivity index (χ2n) is 6.35. The van der Waals surface area contributed by atoms with E-state index in [1.54, 1.807) is 0 Å². The van der Waals surface area contributed by atoms with Crippen molar-refractivity contribution in [2.24, 2.45) is 0 Å². The minimum Gasteiger partial charge on any atom is -0.425 e. The Morgan fingerprint density at radius 2 is 0.917 bits per heavy atom. The van der Waals surface area contributed by atoms with E-state index in [0.717, 1.165) is 10.4 Å². The molecule has 0 spiro atoms. The first-order valence-electron chi connectivity index (χ1n) is 8.11. The highest BCUT2D eigenvalue weighted by Gasteiger charge is 2.44. The largest absolute Gasteiger partial charge is 0.425 e. The molecule has 0 saturated heterocycles. The van der Waals surface area contributed by atoms with Crippen molar-refractivity contribution in [2.45, 2.75) is 13.1 Å². The van der Waals surface area contributed by atoms with Gasteiger partial charge in [-0.2, -0.15) is 0 Å². The topological polar surface area (TPSA) is 29.5 Å². The first kappa shape index (κ1) is 16.9. The van der Waals surface area contributed by atoms with Crippen LogP contribution >= 0.6 is 0 Å². The molecule has 0 saturated carbocycles. The summed E-state index contributed by atoms with van der Waals surface area (Å²) in [5.74, 6) is 0. The van der Waals surface area contributed by atoms with Crippen molar-refractivity contribution in [1.82, 2.24) is 0 Å². The zero-order valence-electron chi connectivity index (χ0n) is 14.0. The van der Waals surface area contributed by atoms with Crippen LogP contribution in [-0.2, 0) is 4.12 Å². The first-order chi connectivity index (χ1) is 11.5. The van der Waals surface area contributed by atoms with Gasteiger partial charge >= 0.3 is 8.56 Å². The van der Waals surface area contributed by atoms with Crippen LogP contribution in [0.1, 0.15) is 0 Å². The fourth-order valence-electron chi connectivity index (χ4n) is 2.88. The van der Waals surface area contributed by atoms with E-state index in [4.69, 9.17) is 4.12 Å². The van der Waals surface area contributed by atoms with E-state index in [0.29, 0.717) is 0 Å². The molecular weight excluding hydrogens is 328 g/mol. The van der Waals surface area contributed by atoms with E-state index < -0.39 is 16.9 Å². The van der Waals surface area contributed by atoms with E-state index in [2.05, 4.69) is 25.2 Å². The first-order valence-corrected chi connectivity index (χ1v) is 12.9. The monoisotopic (exact) mass is 350 g/mol. The molecule has 0 aliphatic carbocycles. The van der Waals surface area contributed by atoms with E-state index in [1.807, 2.05) is 78.9 Å². The summed E-state index contributed by atoms with van der Waals surface area (Å²) < 4.78 is 6.62. The number of hydrogen-bond acceptors (Lipinski definition) is 2. The average molecular weight is 351 g/mol. The Kier molecular flexibility index (Phi) is 4.82. The van der Waals surface area contributed by atoms with Gasteiger partial charge in [0, 0.05) is 0 Å². The zero-order valence-corrected chi connectivity index (χ0v) is 16.0. The zero-order chi connectivity index (χ0) is 17.0. The molecule has 3 rings (SSSR count). The average Bonchev–Trinajstić information content (AvgIpc) is 2.63. The molecule has 0 aromatic heterocycles. The smallest absolute Gasteiger partial charge is 0.394 e. The van der Waals surface area contributed by atoms with Crippen molar-refractivity contribution in [3.05, 3.63) is 91.0 Å². The normalized spacial score (nSPS) is 12.1. The fourth-order valence-corrected chi connectivity index (χ4v) is 9.87. The van der Waals surface area contributed by atoms with Gasteiger partial charge in [0.1, 0.15) is 0 Å². The van der Waals surface area contributed by atoms with Crippen molar-refractivity contribution >= 4 is 32.4 Å². The molecule has 122 valence electrons. The molecule has 3 aromatic carbocycles. The molecular formula is C20H22O2Si2. The second-order valence-corrected chi connectivity index (χ2v) is 13.2. The molecule has 2 nitrogen and oxygen atoms in total. The molecule has 0 radical (unpaired) electrons. The lowest BCUT2D eigenvalue weighted by Crippen LogP contribution is -2.67. The van der Waals surface area contributed by atoms with E-state index >= 15 is 0 Å². The third-order valence-electron chi connectivity index (χ3n) is 4.20. The molecule has 0 heterocycles. The molecule has 0 aliphatic heterocycles. The second kappa shape index (κ2) is 6.87. The van der Waals surface area contributed by atoms with Gasteiger partial charge in [-0.25, -0.2) is 0 Å². The van der Waals surface area contributed by atoms with Crippen molar-refractivity contribution in [2.75, 3.05) is 0 Å². The molecule has 0 aliphatic rings. The molecule has 1 N–H and O–H groups in total. The van der Waals surface area contributed by atoms with E-state index in [1.165, 1.54) is 5.19 Å². The van der Waals surface area contributed by atoms with Crippen LogP contribution < -0.4 is 15.6 Å². The van der Waals surface area contributed by atoms with Crippen molar-refractivity contribution < 1.29 is 8.91 Å². The SMILES string of the molecule is C[Si](C)(O[Si](O)(c1ccccc1)c1ccccc1)c1ccccc1. The summed E-state index contributed by atoms with van der Waals surface area (Å²) in [5.41, 5.74) is 0. The lowest BCUT2D eigenvalue weighted by atomic mass is 10.4.